The summed E-state index contributed by atoms with van der Waals surface area (Å²) in [6.07, 6.45) is 8.84. The number of benzene rings is 5. The van der Waals surface area contributed by atoms with E-state index in [-0.39, 0.29) is 77.7 Å². The molecule has 2 aliphatic rings. The molecule has 2 heterocycles. The first-order valence-corrected chi connectivity index (χ1v) is 15.5. The summed E-state index contributed by atoms with van der Waals surface area (Å²) in [7, 11) is 8.45. The fourth-order valence-electron chi connectivity index (χ4n) is 6.55. The van der Waals surface area contributed by atoms with Crippen LogP contribution in [0.15, 0.2) is 146 Å². The third-order valence-corrected chi connectivity index (χ3v) is 8.80. The summed E-state index contributed by atoms with van der Waals surface area (Å²) >= 11 is 0. The van der Waals surface area contributed by atoms with Crippen molar-refractivity contribution in [3.05, 3.63) is 169 Å². The van der Waals surface area contributed by atoms with Gasteiger partial charge in [-0.15, -0.1) is 24.3 Å². The van der Waals surface area contributed by atoms with Crippen LogP contribution in [0, 0.1) is 12.1 Å². The predicted molar refractivity (Wildman–Crippen MR) is 188 cm³/mol. The molecule has 5 aromatic carbocycles. The van der Waals surface area contributed by atoms with Gasteiger partial charge in [0.2, 0.25) is 0 Å². The van der Waals surface area contributed by atoms with Crippen molar-refractivity contribution < 1.29 is 65.4 Å². The van der Waals surface area contributed by atoms with Gasteiger partial charge in [0.05, 0.1) is 0 Å². The average Bonchev–Trinajstić information content (AvgIpc) is 3.62. The second-order valence-electron chi connectivity index (χ2n) is 11.9. The number of hydrogen-bond donors (Lipinski definition) is 0. The largest absolute Gasteiger partial charge is 0.355 e. The normalized spacial score (nSPS) is 14.2. The maximum absolute atomic E-state index is 3.17. The van der Waals surface area contributed by atoms with Crippen molar-refractivity contribution in [3.8, 4) is 0 Å². The molecule has 0 spiro atoms. The molecule has 48 heavy (non-hydrogen) atoms. The van der Waals surface area contributed by atoms with E-state index >= 15 is 0 Å². The van der Waals surface area contributed by atoms with Gasteiger partial charge in [-0.1, -0.05) is 35.6 Å². The number of anilines is 6. The molecule has 0 unspecified atom stereocenters. The molecule has 0 saturated carbocycles. The molecular weight excluding hydrogens is 742 g/mol. The third kappa shape index (κ3) is 7.28. The van der Waals surface area contributed by atoms with Crippen molar-refractivity contribution in [1.82, 2.24) is 19.6 Å². The zero-order chi connectivity index (χ0) is 31.6. The molecular formula is C40H38N6Y2-2. The Bertz CT molecular complexity index is 1650. The van der Waals surface area contributed by atoms with Crippen LogP contribution in [0.3, 0.4) is 0 Å². The van der Waals surface area contributed by atoms with Crippen molar-refractivity contribution in [2.75, 3.05) is 38.0 Å². The number of hydrogen-bond acceptors (Lipinski definition) is 6. The zero-order valence-electron chi connectivity index (χ0n) is 27.8. The molecule has 0 bridgehead atoms. The molecule has 236 valence electrons. The Balaban J connectivity index is 0.00000225. The molecule has 0 atom stereocenters. The summed E-state index contributed by atoms with van der Waals surface area (Å²) in [6.45, 7) is 0. The van der Waals surface area contributed by atoms with Gasteiger partial charge < -0.3 is 29.4 Å². The first-order chi connectivity index (χ1) is 22.5. The maximum atomic E-state index is 3.17. The van der Waals surface area contributed by atoms with E-state index in [0.29, 0.717) is 0 Å². The minimum absolute atomic E-state index is 0. The number of rotatable bonds is 8. The van der Waals surface area contributed by atoms with Gasteiger partial charge in [0.25, 0.3) is 0 Å². The van der Waals surface area contributed by atoms with E-state index in [1.165, 1.54) is 11.1 Å². The van der Waals surface area contributed by atoms with Gasteiger partial charge in [-0.3, -0.25) is 0 Å². The van der Waals surface area contributed by atoms with Crippen molar-refractivity contribution >= 4 is 34.1 Å². The SMILES string of the molecule is CN1C=CN(C)C1c1ccc(N(c2cc[c-]cc2)c2ccc(N(c3cc[c-]cc3)c3ccc(C4N(C)C=CN4C)cc3)cc2)cc1.[Y].[Y]. The van der Waals surface area contributed by atoms with Crippen LogP contribution in [-0.4, -0.2) is 47.8 Å². The number of nitrogens with zero attached hydrogens (tertiary/aromatic N) is 6. The predicted octanol–water partition coefficient (Wildman–Crippen LogP) is 8.92. The Morgan fingerprint density at radius 3 is 0.875 bits per heavy atom. The van der Waals surface area contributed by atoms with Crippen molar-refractivity contribution in [2.24, 2.45) is 0 Å². The summed E-state index contributed by atoms with van der Waals surface area (Å²) in [5, 5.41) is 0. The van der Waals surface area contributed by atoms with Crippen LogP contribution in [0.25, 0.3) is 0 Å². The van der Waals surface area contributed by atoms with Crippen LogP contribution in [-0.2, 0) is 65.4 Å². The van der Waals surface area contributed by atoms with E-state index in [4.69, 9.17) is 0 Å². The maximum Gasteiger partial charge on any atom is 0.127 e. The summed E-state index contributed by atoms with van der Waals surface area (Å²) in [4.78, 5) is 13.5. The van der Waals surface area contributed by atoms with Crippen LogP contribution in [0.4, 0.5) is 34.1 Å². The smallest absolute Gasteiger partial charge is 0.127 e. The summed E-state index contributed by atoms with van der Waals surface area (Å²) in [5.74, 6) is 0. The topological polar surface area (TPSA) is 19.4 Å². The summed E-state index contributed by atoms with van der Waals surface area (Å²) < 4.78 is 0. The molecule has 0 aromatic heterocycles. The monoisotopic (exact) mass is 780 g/mol. The first-order valence-electron chi connectivity index (χ1n) is 15.5. The van der Waals surface area contributed by atoms with E-state index in [1.807, 2.05) is 24.3 Å². The van der Waals surface area contributed by atoms with Crippen molar-refractivity contribution in [3.63, 3.8) is 0 Å². The molecule has 8 heteroatoms. The van der Waals surface area contributed by atoms with Gasteiger partial charge in [0, 0.05) is 141 Å². The molecule has 2 aliphatic heterocycles. The molecule has 0 N–H and O–H groups in total. The summed E-state index contributed by atoms with van der Waals surface area (Å²) in [5.41, 5.74) is 9.02. The van der Waals surface area contributed by atoms with Gasteiger partial charge in [-0.05, 0) is 59.7 Å². The molecule has 6 nitrogen and oxygen atoms in total. The molecule has 0 fully saturated rings. The fourth-order valence-corrected chi connectivity index (χ4v) is 6.55. The van der Waals surface area contributed by atoms with Gasteiger partial charge in [0.1, 0.15) is 12.3 Å². The Morgan fingerprint density at radius 1 is 0.375 bits per heavy atom. The molecule has 0 aliphatic carbocycles. The third-order valence-electron chi connectivity index (χ3n) is 8.80. The molecule has 7 rings (SSSR count). The van der Waals surface area contributed by atoms with Gasteiger partial charge >= 0.3 is 0 Å². The van der Waals surface area contributed by atoms with E-state index < -0.39 is 0 Å². The fraction of sp³-hybridized carbons (Fsp3) is 0.150. The van der Waals surface area contributed by atoms with Crippen molar-refractivity contribution in [1.29, 1.82) is 0 Å². The Morgan fingerprint density at radius 2 is 0.604 bits per heavy atom. The van der Waals surface area contributed by atoms with E-state index in [0.717, 1.165) is 34.1 Å². The van der Waals surface area contributed by atoms with Crippen LogP contribution in [0.2, 0.25) is 0 Å². The zero-order valence-corrected chi connectivity index (χ0v) is 33.5. The quantitative estimate of drug-likeness (QED) is 0.146. The van der Waals surface area contributed by atoms with Crippen molar-refractivity contribution in [2.45, 2.75) is 12.3 Å². The van der Waals surface area contributed by atoms with Crippen LogP contribution in [0.1, 0.15) is 23.5 Å². The Kier molecular flexibility index (Phi) is 11.9. The minimum Gasteiger partial charge on any atom is -0.355 e. The average molecular weight is 781 g/mol. The second kappa shape index (κ2) is 15.9. The summed E-state index contributed by atoms with van der Waals surface area (Å²) in [6, 6.07) is 49.2. The van der Waals surface area contributed by atoms with Gasteiger partial charge in [0.15, 0.2) is 0 Å². The van der Waals surface area contributed by atoms with E-state index in [9.17, 15) is 0 Å². The Labute approximate surface area is 335 Å². The molecule has 0 amide bonds. The van der Waals surface area contributed by atoms with Gasteiger partial charge in [-0.25, -0.2) is 0 Å². The van der Waals surface area contributed by atoms with Crippen LogP contribution in [0.5, 0.6) is 0 Å². The molecule has 0 saturated heterocycles. The van der Waals surface area contributed by atoms with E-state index in [2.05, 4.69) is 192 Å². The standard InChI is InChI=1S/C40H38N6.2Y/c1-41-27-28-42(2)39(41)31-15-19-35(20-16-31)45(33-11-7-5-8-12-33)37-23-25-38(26-24-37)46(34-13-9-6-10-14-34)36-21-17-32(18-22-36)40-43(3)29-30-44(40)4;;/h7-30,39-40H,1-4H3;;/q-2;;. The molecule has 5 aromatic rings. The first kappa shape index (κ1) is 35.9. The molecule has 2 radical (unpaired) electrons. The van der Waals surface area contributed by atoms with Crippen LogP contribution < -0.4 is 9.80 Å². The van der Waals surface area contributed by atoms with E-state index in [1.54, 1.807) is 0 Å². The van der Waals surface area contributed by atoms with Crippen LogP contribution >= 0.6 is 0 Å². The second-order valence-corrected chi connectivity index (χ2v) is 11.9. The van der Waals surface area contributed by atoms with Gasteiger partial charge in [-0.2, -0.15) is 36.4 Å². The minimum atomic E-state index is 0. The Hall–Kier alpha value is -3.41.